The summed E-state index contributed by atoms with van der Waals surface area (Å²) in [5.74, 6) is 0. The molecule has 2 nitrogen and oxygen atoms in total. The van der Waals surface area contributed by atoms with E-state index in [1.54, 1.807) is 0 Å². The zero-order valence-corrected chi connectivity index (χ0v) is 13.5. The zero-order valence-electron chi connectivity index (χ0n) is 11.1. The maximum Gasteiger partial charge on any atom is 0.0968 e. The van der Waals surface area contributed by atoms with Crippen molar-refractivity contribution >= 4 is 0 Å². The first-order valence-corrected chi connectivity index (χ1v) is 6.29. The SMILES string of the molecule is Cc1cnc(-c2ccccc2)c(-c2ccccc2)n1.[Ir]. The van der Waals surface area contributed by atoms with Crippen molar-refractivity contribution in [3.63, 3.8) is 0 Å². The molecule has 0 bridgehead atoms. The van der Waals surface area contributed by atoms with Gasteiger partial charge in [-0.1, -0.05) is 60.7 Å². The van der Waals surface area contributed by atoms with Gasteiger partial charge in [0.2, 0.25) is 0 Å². The van der Waals surface area contributed by atoms with Gasteiger partial charge < -0.3 is 0 Å². The Morgan fingerprint density at radius 1 is 0.700 bits per heavy atom. The van der Waals surface area contributed by atoms with E-state index in [4.69, 9.17) is 0 Å². The Morgan fingerprint density at radius 2 is 1.20 bits per heavy atom. The van der Waals surface area contributed by atoms with Crippen LogP contribution in [0.25, 0.3) is 22.5 Å². The van der Waals surface area contributed by atoms with E-state index in [2.05, 4.69) is 34.2 Å². The van der Waals surface area contributed by atoms with Gasteiger partial charge in [-0.25, -0.2) is 4.98 Å². The van der Waals surface area contributed by atoms with E-state index in [-0.39, 0.29) is 20.1 Å². The zero-order chi connectivity index (χ0) is 13.1. The van der Waals surface area contributed by atoms with Crippen molar-refractivity contribution in [2.24, 2.45) is 0 Å². The summed E-state index contributed by atoms with van der Waals surface area (Å²) < 4.78 is 0. The fraction of sp³-hybridized carbons (Fsp3) is 0.0588. The van der Waals surface area contributed by atoms with Gasteiger partial charge in [0.15, 0.2) is 0 Å². The van der Waals surface area contributed by atoms with Crippen molar-refractivity contribution in [3.8, 4) is 22.5 Å². The number of rotatable bonds is 2. The molecule has 0 spiro atoms. The second-order valence-electron chi connectivity index (χ2n) is 4.44. The summed E-state index contributed by atoms with van der Waals surface area (Å²) in [5.41, 5.74) is 4.98. The topological polar surface area (TPSA) is 25.8 Å². The molecule has 0 aliphatic carbocycles. The van der Waals surface area contributed by atoms with Gasteiger partial charge in [0.05, 0.1) is 17.1 Å². The summed E-state index contributed by atoms with van der Waals surface area (Å²) in [6.07, 6.45) is 1.81. The Hall–Kier alpha value is -1.83. The van der Waals surface area contributed by atoms with Gasteiger partial charge >= 0.3 is 0 Å². The minimum Gasteiger partial charge on any atom is -0.252 e. The molecule has 3 rings (SSSR count). The Balaban J connectivity index is 0.00000147. The Morgan fingerprint density at radius 3 is 1.75 bits per heavy atom. The molecule has 3 aromatic rings. The third-order valence-electron chi connectivity index (χ3n) is 2.99. The first kappa shape index (κ1) is 14.6. The number of benzene rings is 2. The van der Waals surface area contributed by atoms with Crippen LogP contribution >= 0.6 is 0 Å². The third kappa shape index (κ3) is 3.01. The van der Waals surface area contributed by atoms with Crippen molar-refractivity contribution < 1.29 is 20.1 Å². The maximum atomic E-state index is 4.66. The molecule has 101 valence electrons. The second kappa shape index (κ2) is 6.55. The van der Waals surface area contributed by atoms with Crippen LogP contribution in [-0.2, 0) is 20.1 Å². The average molecular weight is 439 g/mol. The Kier molecular flexibility index (Phi) is 4.78. The van der Waals surface area contributed by atoms with Crippen LogP contribution in [0.1, 0.15) is 5.69 Å². The quantitative estimate of drug-likeness (QED) is 0.602. The third-order valence-corrected chi connectivity index (χ3v) is 2.99. The van der Waals surface area contributed by atoms with Gasteiger partial charge in [0.25, 0.3) is 0 Å². The van der Waals surface area contributed by atoms with Crippen LogP contribution in [0.2, 0.25) is 0 Å². The van der Waals surface area contributed by atoms with Gasteiger partial charge in [-0.2, -0.15) is 0 Å². The van der Waals surface area contributed by atoms with E-state index in [0.29, 0.717) is 0 Å². The molecule has 0 N–H and O–H groups in total. The number of aryl methyl sites for hydroxylation is 1. The Bertz CT molecular complexity index is 682. The van der Waals surface area contributed by atoms with Gasteiger partial charge in [0, 0.05) is 37.4 Å². The summed E-state index contributed by atoms with van der Waals surface area (Å²) in [4.78, 5) is 9.22. The van der Waals surface area contributed by atoms with Crippen molar-refractivity contribution in [2.45, 2.75) is 6.92 Å². The average Bonchev–Trinajstić information content (AvgIpc) is 2.49. The smallest absolute Gasteiger partial charge is 0.0968 e. The van der Waals surface area contributed by atoms with Gasteiger partial charge in [-0.15, -0.1) is 0 Å². The van der Waals surface area contributed by atoms with Crippen LogP contribution in [-0.4, -0.2) is 9.97 Å². The minimum absolute atomic E-state index is 0. The monoisotopic (exact) mass is 439 g/mol. The molecular weight excluding hydrogens is 424 g/mol. The molecule has 0 saturated heterocycles. The standard InChI is InChI=1S/C17H14N2.Ir/c1-13-12-18-16(14-8-4-2-5-9-14)17(19-13)15-10-6-3-7-11-15;/h2-12H,1H3;. The largest absolute Gasteiger partial charge is 0.252 e. The predicted octanol–water partition coefficient (Wildman–Crippen LogP) is 4.12. The van der Waals surface area contributed by atoms with Crippen molar-refractivity contribution in [1.29, 1.82) is 0 Å². The van der Waals surface area contributed by atoms with E-state index < -0.39 is 0 Å². The predicted molar refractivity (Wildman–Crippen MR) is 77.6 cm³/mol. The second-order valence-corrected chi connectivity index (χ2v) is 4.44. The van der Waals surface area contributed by atoms with Gasteiger partial charge in [-0.3, -0.25) is 4.98 Å². The summed E-state index contributed by atoms with van der Waals surface area (Å²) in [5, 5.41) is 0. The summed E-state index contributed by atoms with van der Waals surface area (Å²) >= 11 is 0. The maximum absolute atomic E-state index is 4.66. The minimum atomic E-state index is 0. The van der Waals surface area contributed by atoms with E-state index in [1.807, 2.05) is 49.5 Å². The molecule has 0 unspecified atom stereocenters. The molecule has 0 aliphatic heterocycles. The van der Waals surface area contributed by atoms with Crippen LogP contribution < -0.4 is 0 Å². The van der Waals surface area contributed by atoms with Crippen LogP contribution in [0.4, 0.5) is 0 Å². The first-order valence-electron chi connectivity index (χ1n) is 6.29. The molecule has 3 heteroatoms. The number of aromatic nitrogens is 2. The van der Waals surface area contributed by atoms with Crippen LogP contribution in [0.15, 0.2) is 66.9 Å². The van der Waals surface area contributed by atoms with E-state index >= 15 is 0 Å². The number of nitrogens with zero attached hydrogens (tertiary/aromatic N) is 2. The van der Waals surface area contributed by atoms with Crippen LogP contribution in [0.5, 0.6) is 0 Å². The molecule has 2 aromatic carbocycles. The summed E-state index contributed by atoms with van der Waals surface area (Å²) in [7, 11) is 0. The molecule has 0 saturated carbocycles. The fourth-order valence-electron chi connectivity index (χ4n) is 2.08. The normalized spacial score (nSPS) is 9.85. The van der Waals surface area contributed by atoms with Crippen molar-refractivity contribution in [2.75, 3.05) is 0 Å². The fourth-order valence-corrected chi connectivity index (χ4v) is 2.08. The van der Waals surface area contributed by atoms with Gasteiger partial charge in [0.1, 0.15) is 0 Å². The number of hydrogen-bond donors (Lipinski definition) is 0. The van der Waals surface area contributed by atoms with Crippen molar-refractivity contribution in [1.82, 2.24) is 9.97 Å². The number of hydrogen-bond acceptors (Lipinski definition) is 2. The summed E-state index contributed by atoms with van der Waals surface area (Å²) in [6, 6.07) is 20.4. The molecule has 0 aliphatic rings. The summed E-state index contributed by atoms with van der Waals surface area (Å²) in [6.45, 7) is 1.97. The molecule has 1 aromatic heterocycles. The molecule has 1 heterocycles. The van der Waals surface area contributed by atoms with Crippen LogP contribution in [0, 0.1) is 6.92 Å². The molecular formula is C17H14IrN2. The molecule has 0 fully saturated rings. The first-order chi connectivity index (χ1) is 9.34. The molecule has 0 amide bonds. The van der Waals surface area contributed by atoms with Crippen molar-refractivity contribution in [3.05, 3.63) is 72.6 Å². The molecule has 0 atom stereocenters. The molecule has 20 heavy (non-hydrogen) atoms. The van der Waals surface area contributed by atoms with E-state index in [1.165, 1.54) is 0 Å². The molecule has 1 radical (unpaired) electrons. The van der Waals surface area contributed by atoms with Crippen LogP contribution in [0.3, 0.4) is 0 Å². The van der Waals surface area contributed by atoms with E-state index in [9.17, 15) is 0 Å². The Labute approximate surface area is 132 Å². The van der Waals surface area contributed by atoms with Gasteiger partial charge in [-0.05, 0) is 6.92 Å². The van der Waals surface area contributed by atoms with E-state index in [0.717, 1.165) is 28.2 Å².